The fourth-order valence-electron chi connectivity index (χ4n) is 4.47. The van der Waals surface area contributed by atoms with Crippen molar-refractivity contribution in [3.63, 3.8) is 0 Å². The molecule has 1 aromatic carbocycles. The summed E-state index contributed by atoms with van der Waals surface area (Å²) in [5.41, 5.74) is 0.973. The standard InChI is InChI=1S/C25H32N4O4/c30-23(28-11-5-2-6-12-28)19-27-13-15-29(16-14-27)25(32)21(18-20-8-3-1-4-9-20)26-24(31)22-10-7-17-33-22/h1,3-4,7-10,17,21H,2,5-6,11-16,18-19H2,(H,26,31). The number of hydrogen-bond donors (Lipinski definition) is 1. The molecule has 8 heteroatoms. The molecule has 0 radical (unpaired) electrons. The quantitative estimate of drug-likeness (QED) is 0.692. The number of nitrogens with one attached hydrogen (secondary N) is 1. The molecule has 33 heavy (non-hydrogen) atoms. The Morgan fingerprint density at radius 3 is 2.24 bits per heavy atom. The van der Waals surface area contributed by atoms with Crippen LogP contribution in [-0.2, 0) is 16.0 Å². The lowest BCUT2D eigenvalue weighted by molar-refractivity contribution is -0.136. The van der Waals surface area contributed by atoms with E-state index in [1.54, 1.807) is 17.0 Å². The van der Waals surface area contributed by atoms with Crippen LogP contribution >= 0.6 is 0 Å². The summed E-state index contributed by atoms with van der Waals surface area (Å²) < 4.78 is 5.19. The lowest BCUT2D eigenvalue weighted by Gasteiger charge is -2.37. The van der Waals surface area contributed by atoms with Crippen LogP contribution in [0, 0.1) is 0 Å². The van der Waals surface area contributed by atoms with Crippen molar-refractivity contribution in [1.82, 2.24) is 20.0 Å². The van der Waals surface area contributed by atoms with Crippen molar-refractivity contribution in [2.24, 2.45) is 0 Å². The molecule has 0 saturated carbocycles. The highest BCUT2D eigenvalue weighted by Gasteiger charge is 2.30. The predicted molar refractivity (Wildman–Crippen MR) is 124 cm³/mol. The number of benzene rings is 1. The molecule has 2 aliphatic rings. The number of furan rings is 1. The number of carbonyl (C=O) groups is 3. The molecule has 3 heterocycles. The molecule has 3 amide bonds. The number of nitrogens with zero attached hydrogens (tertiary/aromatic N) is 3. The maximum atomic E-state index is 13.4. The van der Waals surface area contributed by atoms with Crippen molar-refractivity contribution < 1.29 is 18.8 Å². The van der Waals surface area contributed by atoms with Gasteiger partial charge in [0.2, 0.25) is 11.8 Å². The Hall–Kier alpha value is -3.13. The van der Waals surface area contributed by atoms with Crippen LogP contribution in [0.1, 0.15) is 35.4 Å². The summed E-state index contributed by atoms with van der Waals surface area (Å²) >= 11 is 0. The van der Waals surface area contributed by atoms with E-state index in [1.807, 2.05) is 35.2 Å². The Bertz CT molecular complexity index is 917. The molecule has 1 aromatic heterocycles. The van der Waals surface area contributed by atoms with E-state index in [-0.39, 0.29) is 17.6 Å². The molecule has 4 rings (SSSR count). The topological polar surface area (TPSA) is 86.1 Å². The minimum absolute atomic E-state index is 0.110. The van der Waals surface area contributed by atoms with E-state index in [4.69, 9.17) is 4.42 Å². The van der Waals surface area contributed by atoms with Gasteiger partial charge in [-0.1, -0.05) is 30.3 Å². The molecule has 0 aliphatic carbocycles. The molecule has 2 aliphatic heterocycles. The molecule has 2 aromatic rings. The number of rotatable bonds is 7. The fraction of sp³-hybridized carbons (Fsp3) is 0.480. The fourth-order valence-corrected chi connectivity index (χ4v) is 4.47. The molecule has 1 atom stereocenters. The maximum absolute atomic E-state index is 13.4. The highest BCUT2D eigenvalue weighted by atomic mass is 16.3. The first-order chi connectivity index (χ1) is 16.1. The molecule has 2 saturated heterocycles. The van der Waals surface area contributed by atoms with E-state index in [9.17, 15) is 14.4 Å². The van der Waals surface area contributed by atoms with Crippen LogP contribution in [0.3, 0.4) is 0 Å². The molecule has 176 valence electrons. The van der Waals surface area contributed by atoms with Crippen LogP contribution in [0.5, 0.6) is 0 Å². The normalized spacial score (nSPS) is 18.1. The number of likely N-dealkylation sites (tertiary alicyclic amines) is 1. The average Bonchev–Trinajstić information content (AvgIpc) is 3.40. The van der Waals surface area contributed by atoms with E-state index in [1.165, 1.54) is 12.7 Å². The first-order valence-electron chi connectivity index (χ1n) is 11.8. The van der Waals surface area contributed by atoms with Crippen molar-refractivity contribution in [1.29, 1.82) is 0 Å². The van der Waals surface area contributed by atoms with Gasteiger partial charge in [-0.3, -0.25) is 19.3 Å². The van der Waals surface area contributed by atoms with Crippen LogP contribution in [0.25, 0.3) is 0 Å². The third-order valence-electron chi connectivity index (χ3n) is 6.38. The summed E-state index contributed by atoms with van der Waals surface area (Å²) in [6.07, 6.45) is 5.21. The van der Waals surface area contributed by atoms with Gasteiger partial charge in [0, 0.05) is 45.7 Å². The Kier molecular flexibility index (Phi) is 7.78. The van der Waals surface area contributed by atoms with Crippen molar-refractivity contribution in [2.45, 2.75) is 31.7 Å². The van der Waals surface area contributed by atoms with Crippen LogP contribution in [0.4, 0.5) is 0 Å². The number of carbonyl (C=O) groups excluding carboxylic acids is 3. The van der Waals surface area contributed by atoms with Crippen molar-refractivity contribution >= 4 is 17.7 Å². The highest BCUT2D eigenvalue weighted by Crippen LogP contribution is 2.13. The van der Waals surface area contributed by atoms with Gasteiger partial charge in [0.15, 0.2) is 5.76 Å². The van der Waals surface area contributed by atoms with E-state index in [0.29, 0.717) is 39.1 Å². The highest BCUT2D eigenvalue weighted by molar-refractivity contribution is 5.95. The lowest BCUT2D eigenvalue weighted by Crippen LogP contribution is -2.56. The molecule has 2 fully saturated rings. The summed E-state index contributed by atoms with van der Waals surface area (Å²) in [5.74, 6) is -0.148. The predicted octanol–water partition coefficient (Wildman–Crippen LogP) is 1.78. The van der Waals surface area contributed by atoms with E-state index in [2.05, 4.69) is 10.2 Å². The Balaban J connectivity index is 1.34. The third kappa shape index (κ3) is 6.22. The van der Waals surface area contributed by atoms with Gasteiger partial charge in [0.1, 0.15) is 6.04 Å². The SMILES string of the molecule is O=C(NC(Cc1ccccc1)C(=O)N1CCN(CC(=O)N2CCCCC2)CC1)c1ccco1. The van der Waals surface area contributed by atoms with Crippen molar-refractivity contribution in [3.05, 3.63) is 60.1 Å². The van der Waals surface area contributed by atoms with Crippen molar-refractivity contribution in [3.8, 4) is 0 Å². The molecular formula is C25H32N4O4. The zero-order chi connectivity index (χ0) is 23.0. The minimum Gasteiger partial charge on any atom is -0.459 e. The van der Waals surface area contributed by atoms with Gasteiger partial charge in [-0.2, -0.15) is 0 Å². The summed E-state index contributed by atoms with van der Waals surface area (Å²) in [6, 6.07) is 12.2. The summed E-state index contributed by atoms with van der Waals surface area (Å²) in [5, 5.41) is 2.85. The van der Waals surface area contributed by atoms with E-state index in [0.717, 1.165) is 31.5 Å². The molecule has 0 bridgehead atoms. The van der Waals surface area contributed by atoms with Crippen LogP contribution in [0.2, 0.25) is 0 Å². The van der Waals surface area contributed by atoms with Crippen LogP contribution in [-0.4, -0.2) is 84.3 Å². The Morgan fingerprint density at radius 2 is 1.58 bits per heavy atom. The average molecular weight is 453 g/mol. The molecular weight excluding hydrogens is 420 g/mol. The van der Waals surface area contributed by atoms with Crippen LogP contribution < -0.4 is 5.32 Å². The largest absolute Gasteiger partial charge is 0.459 e. The first kappa shape index (κ1) is 23.0. The van der Waals surface area contributed by atoms with Crippen LogP contribution in [0.15, 0.2) is 53.1 Å². The van der Waals surface area contributed by atoms with Gasteiger partial charge in [-0.25, -0.2) is 0 Å². The number of piperazine rings is 1. The Labute approximate surface area is 194 Å². The second kappa shape index (κ2) is 11.1. The first-order valence-corrected chi connectivity index (χ1v) is 11.8. The van der Waals surface area contributed by atoms with Gasteiger partial charge in [0.25, 0.3) is 5.91 Å². The third-order valence-corrected chi connectivity index (χ3v) is 6.38. The zero-order valence-corrected chi connectivity index (χ0v) is 18.9. The maximum Gasteiger partial charge on any atom is 0.287 e. The second-order valence-corrected chi connectivity index (χ2v) is 8.74. The molecule has 1 N–H and O–H groups in total. The smallest absolute Gasteiger partial charge is 0.287 e. The molecule has 1 unspecified atom stereocenters. The van der Waals surface area contributed by atoms with Crippen molar-refractivity contribution in [2.75, 3.05) is 45.8 Å². The minimum atomic E-state index is -0.688. The second-order valence-electron chi connectivity index (χ2n) is 8.74. The van der Waals surface area contributed by atoms with E-state index >= 15 is 0 Å². The number of hydrogen-bond acceptors (Lipinski definition) is 5. The lowest BCUT2D eigenvalue weighted by atomic mass is 10.0. The van der Waals surface area contributed by atoms with Gasteiger partial charge in [0.05, 0.1) is 12.8 Å². The van der Waals surface area contributed by atoms with Gasteiger partial charge < -0.3 is 19.5 Å². The van der Waals surface area contributed by atoms with Gasteiger partial charge in [-0.15, -0.1) is 0 Å². The van der Waals surface area contributed by atoms with Gasteiger partial charge in [-0.05, 0) is 37.0 Å². The number of piperidine rings is 1. The summed E-state index contributed by atoms with van der Waals surface area (Å²) in [7, 11) is 0. The molecule has 0 spiro atoms. The zero-order valence-electron chi connectivity index (χ0n) is 18.9. The van der Waals surface area contributed by atoms with Gasteiger partial charge >= 0.3 is 0 Å². The number of amides is 3. The summed E-state index contributed by atoms with van der Waals surface area (Å²) in [4.78, 5) is 44.4. The Morgan fingerprint density at radius 1 is 0.848 bits per heavy atom. The monoisotopic (exact) mass is 452 g/mol. The summed E-state index contributed by atoms with van der Waals surface area (Å²) in [6.45, 7) is 4.49. The molecule has 8 nitrogen and oxygen atoms in total. The van der Waals surface area contributed by atoms with E-state index < -0.39 is 11.9 Å².